The third kappa shape index (κ3) is 4.68. The van der Waals surface area contributed by atoms with Crippen LogP contribution in [0, 0.1) is 11.6 Å². The molecule has 2 heterocycles. The number of hydrogen-bond donors (Lipinski definition) is 2. The molecule has 0 spiro atoms. The quantitative estimate of drug-likeness (QED) is 0.541. The predicted molar refractivity (Wildman–Crippen MR) is 98.0 cm³/mol. The number of aromatic nitrogens is 2. The lowest BCUT2D eigenvalue weighted by atomic mass is 10.0. The number of carbonyl (C=O) groups excluding carboxylic acids is 2. The van der Waals surface area contributed by atoms with E-state index in [1.165, 1.54) is 11.8 Å². The molecule has 3 rings (SSSR count). The van der Waals surface area contributed by atoms with Crippen LogP contribution in [0.15, 0.2) is 24.5 Å². The van der Waals surface area contributed by atoms with E-state index in [4.69, 9.17) is 11.6 Å². The van der Waals surface area contributed by atoms with Crippen LogP contribution in [-0.2, 0) is 11.0 Å². The summed E-state index contributed by atoms with van der Waals surface area (Å²) in [4.78, 5) is 32.2. The van der Waals surface area contributed by atoms with Crippen LogP contribution in [-0.4, -0.2) is 45.9 Å². The Hall–Kier alpha value is -3.02. The van der Waals surface area contributed by atoms with E-state index in [9.17, 15) is 31.5 Å². The van der Waals surface area contributed by atoms with Crippen molar-refractivity contribution in [1.82, 2.24) is 25.5 Å². The zero-order valence-electron chi connectivity index (χ0n) is 15.8. The van der Waals surface area contributed by atoms with Gasteiger partial charge in [-0.1, -0.05) is 17.7 Å². The predicted octanol–water partition coefficient (Wildman–Crippen LogP) is 3.05. The second kappa shape index (κ2) is 8.61. The van der Waals surface area contributed by atoms with Gasteiger partial charge in [0.25, 0.3) is 0 Å². The number of benzene rings is 1. The van der Waals surface area contributed by atoms with Gasteiger partial charge in [-0.05, 0) is 13.0 Å². The highest BCUT2D eigenvalue weighted by Crippen LogP contribution is 2.31. The van der Waals surface area contributed by atoms with Crippen molar-refractivity contribution in [3.05, 3.63) is 58.1 Å². The fraction of sp³-hybridized carbons (Fsp3) is 0.333. The van der Waals surface area contributed by atoms with Gasteiger partial charge in [0.2, 0.25) is 11.7 Å². The molecule has 0 bridgehead atoms. The van der Waals surface area contributed by atoms with Gasteiger partial charge in [0.05, 0.1) is 6.04 Å². The normalized spacial score (nSPS) is 17.8. The Kier molecular flexibility index (Phi) is 6.30. The molecule has 0 aliphatic carbocycles. The number of piperazine rings is 1. The molecule has 0 radical (unpaired) electrons. The molecule has 3 amide bonds. The second-order valence-corrected chi connectivity index (χ2v) is 7.02. The number of halogens is 6. The lowest BCUT2D eigenvalue weighted by Gasteiger charge is -2.34. The van der Waals surface area contributed by atoms with Gasteiger partial charge in [-0.2, -0.15) is 13.2 Å². The Balaban J connectivity index is 2.00. The van der Waals surface area contributed by atoms with Crippen LogP contribution in [0.1, 0.15) is 29.9 Å². The molecular formula is C18H15ClF5N5O2. The van der Waals surface area contributed by atoms with E-state index in [1.807, 2.05) is 0 Å². The maximum atomic E-state index is 14.7. The Morgan fingerprint density at radius 1 is 1.29 bits per heavy atom. The van der Waals surface area contributed by atoms with Gasteiger partial charge in [0, 0.05) is 36.6 Å². The molecule has 1 aromatic heterocycles. The van der Waals surface area contributed by atoms with Crippen LogP contribution in [0.25, 0.3) is 0 Å². The first-order chi connectivity index (χ1) is 14.5. The van der Waals surface area contributed by atoms with Crippen molar-refractivity contribution in [3.8, 4) is 0 Å². The van der Waals surface area contributed by atoms with E-state index in [-0.39, 0.29) is 24.2 Å². The molecule has 1 fully saturated rings. The number of nitrogens with zero attached hydrogens (tertiary/aromatic N) is 3. The summed E-state index contributed by atoms with van der Waals surface area (Å²) in [5.41, 5.74) is -0.436. The highest BCUT2D eigenvalue weighted by molar-refractivity contribution is 6.31. The zero-order chi connectivity index (χ0) is 22.9. The highest BCUT2D eigenvalue weighted by atomic mass is 35.5. The smallest absolute Gasteiger partial charge is 0.353 e. The number of rotatable bonds is 3. The van der Waals surface area contributed by atoms with E-state index in [1.54, 1.807) is 0 Å². The molecule has 13 heteroatoms. The second-order valence-electron chi connectivity index (χ2n) is 6.65. The highest BCUT2D eigenvalue weighted by Gasteiger charge is 2.36. The molecule has 7 nitrogen and oxygen atoms in total. The van der Waals surface area contributed by atoms with Gasteiger partial charge in [-0.25, -0.2) is 23.5 Å². The first kappa shape index (κ1) is 22.7. The minimum absolute atomic E-state index is 0.114. The summed E-state index contributed by atoms with van der Waals surface area (Å²) < 4.78 is 66.6. The topological polar surface area (TPSA) is 87.2 Å². The van der Waals surface area contributed by atoms with Crippen LogP contribution in [0.2, 0.25) is 5.02 Å². The SMILES string of the molecule is C[C@@H]1C(=O)NCCN1C(=O)NC(c1cnc(C(F)(F)F)nc1)c1ccc(F)c(Cl)c1F. The van der Waals surface area contributed by atoms with E-state index in [0.717, 1.165) is 24.5 Å². The average Bonchev–Trinajstić information content (AvgIpc) is 2.72. The van der Waals surface area contributed by atoms with E-state index in [0.29, 0.717) is 0 Å². The van der Waals surface area contributed by atoms with Gasteiger partial charge >= 0.3 is 12.2 Å². The van der Waals surface area contributed by atoms with Crippen molar-refractivity contribution in [2.24, 2.45) is 0 Å². The van der Waals surface area contributed by atoms with Gasteiger partial charge < -0.3 is 15.5 Å². The molecule has 2 aromatic rings. The largest absolute Gasteiger partial charge is 0.451 e. The molecule has 1 aliphatic rings. The maximum absolute atomic E-state index is 14.7. The number of hydrogen-bond acceptors (Lipinski definition) is 4. The third-order valence-corrected chi connectivity index (χ3v) is 5.01. The zero-order valence-corrected chi connectivity index (χ0v) is 16.6. The Labute approximate surface area is 177 Å². The molecule has 0 saturated carbocycles. The van der Waals surface area contributed by atoms with Crippen molar-refractivity contribution in [2.45, 2.75) is 25.2 Å². The number of alkyl halides is 3. The minimum atomic E-state index is -4.81. The number of carbonyl (C=O) groups is 2. The van der Waals surface area contributed by atoms with Crippen LogP contribution in [0.3, 0.4) is 0 Å². The Morgan fingerprint density at radius 3 is 2.55 bits per heavy atom. The maximum Gasteiger partial charge on any atom is 0.451 e. The standard InChI is InChI=1S/C18H15ClF5N5O2/c1-8-15(30)25-4-5-29(8)17(31)28-14(10-2-3-11(20)12(19)13(10)21)9-6-26-16(27-7-9)18(22,23)24/h2-3,6-8,14H,4-5H2,1H3,(H,25,30)(H,28,31)/t8-,14?/m1/s1. The summed E-state index contributed by atoms with van der Waals surface area (Å²) >= 11 is 5.62. The van der Waals surface area contributed by atoms with E-state index >= 15 is 0 Å². The van der Waals surface area contributed by atoms with Crippen LogP contribution >= 0.6 is 11.6 Å². The van der Waals surface area contributed by atoms with Crippen molar-refractivity contribution in [3.63, 3.8) is 0 Å². The summed E-state index contributed by atoms with van der Waals surface area (Å²) in [5, 5.41) is 4.16. The fourth-order valence-electron chi connectivity index (χ4n) is 3.00. The van der Waals surface area contributed by atoms with Crippen molar-refractivity contribution >= 4 is 23.5 Å². The van der Waals surface area contributed by atoms with Crippen LogP contribution < -0.4 is 10.6 Å². The van der Waals surface area contributed by atoms with Crippen LogP contribution in [0.4, 0.5) is 26.7 Å². The summed E-state index contributed by atoms with van der Waals surface area (Å²) in [7, 11) is 0. The molecule has 2 atom stereocenters. The molecule has 31 heavy (non-hydrogen) atoms. The third-order valence-electron chi connectivity index (χ3n) is 4.66. The van der Waals surface area contributed by atoms with Gasteiger partial charge in [-0.15, -0.1) is 0 Å². The first-order valence-electron chi connectivity index (χ1n) is 8.88. The van der Waals surface area contributed by atoms with Crippen molar-refractivity contribution < 1.29 is 31.5 Å². The molecule has 1 unspecified atom stereocenters. The van der Waals surface area contributed by atoms with E-state index in [2.05, 4.69) is 20.6 Å². The molecule has 166 valence electrons. The molecule has 1 aliphatic heterocycles. The average molecular weight is 464 g/mol. The lowest BCUT2D eigenvalue weighted by molar-refractivity contribution is -0.145. The lowest BCUT2D eigenvalue weighted by Crippen LogP contribution is -2.58. The first-order valence-corrected chi connectivity index (χ1v) is 9.26. The molecule has 2 N–H and O–H groups in total. The number of amides is 3. The van der Waals surface area contributed by atoms with Crippen molar-refractivity contribution in [1.29, 1.82) is 0 Å². The summed E-state index contributed by atoms with van der Waals surface area (Å²) in [5.74, 6) is -4.11. The molecule has 1 saturated heterocycles. The van der Waals surface area contributed by atoms with E-state index < -0.39 is 52.7 Å². The number of urea groups is 1. The van der Waals surface area contributed by atoms with Crippen molar-refractivity contribution in [2.75, 3.05) is 13.1 Å². The Bertz CT molecular complexity index is 1000. The summed E-state index contributed by atoms with van der Waals surface area (Å²) in [6.45, 7) is 1.79. The number of nitrogens with one attached hydrogen (secondary N) is 2. The van der Waals surface area contributed by atoms with Crippen LogP contribution in [0.5, 0.6) is 0 Å². The summed E-state index contributed by atoms with van der Waals surface area (Å²) in [6, 6.07) is -1.22. The molecule has 1 aromatic carbocycles. The monoisotopic (exact) mass is 463 g/mol. The summed E-state index contributed by atoms with van der Waals surface area (Å²) in [6.07, 6.45) is -3.27. The van der Waals surface area contributed by atoms with Gasteiger partial charge in [0.1, 0.15) is 22.7 Å². The minimum Gasteiger partial charge on any atom is -0.353 e. The molecular weight excluding hydrogens is 449 g/mol. The van der Waals surface area contributed by atoms with Gasteiger partial charge in [0.15, 0.2) is 0 Å². The Morgan fingerprint density at radius 2 is 1.94 bits per heavy atom. The fourth-order valence-corrected chi connectivity index (χ4v) is 3.18. The van der Waals surface area contributed by atoms with Gasteiger partial charge in [-0.3, -0.25) is 4.79 Å².